The van der Waals surface area contributed by atoms with Crippen LogP contribution in [0, 0.1) is 0 Å². The maximum atomic E-state index is 9.10. The monoisotopic (exact) mass is 441 g/mol. The number of nitrogens with zero attached hydrogens (tertiary/aromatic N) is 1. The van der Waals surface area contributed by atoms with E-state index in [2.05, 4.69) is 60.4 Å². The fourth-order valence-corrected chi connectivity index (χ4v) is 3.61. The zero-order valence-electron chi connectivity index (χ0n) is 19.0. The molecule has 2 aromatic carbocycles. The Morgan fingerprint density at radius 2 is 1.38 bits per heavy atom. The molecule has 0 radical (unpaired) electrons. The highest BCUT2D eigenvalue weighted by Gasteiger charge is 2.10. The van der Waals surface area contributed by atoms with Gasteiger partial charge in [0.1, 0.15) is 12.4 Å². The van der Waals surface area contributed by atoms with Gasteiger partial charge >= 0.3 is 11.9 Å². The molecular weight excluding hydrogens is 406 g/mol. The lowest BCUT2D eigenvalue weighted by Crippen LogP contribution is -2.29. The minimum Gasteiger partial charge on any atom is -0.489 e. The molecule has 174 valence electrons. The molecule has 2 N–H and O–H groups in total. The number of aryl methyl sites for hydroxylation is 1. The van der Waals surface area contributed by atoms with Crippen LogP contribution in [0.3, 0.4) is 0 Å². The molecule has 1 fully saturated rings. The minimum absolute atomic E-state index is 0.638. The van der Waals surface area contributed by atoms with Crippen LogP contribution in [0.15, 0.2) is 48.5 Å². The van der Waals surface area contributed by atoms with Crippen molar-refractivity contribution in [1.29, 1.82) is 0 Å². The number of likely N-dealkylation sites (tertiary alicyclic amines) is 1. The fourth-order valence-electron chi connectivity index (χ4n) is 3.61. The van der Waals surface area contributed by atoms with E-state index in [1.165, 1.54) is 74.7 Å². The standard InChI is InChI=1S/C24H33NO.C2H2O4/c1-2-3-5-8-21-13-15-24(16-14-21)26-20-23-11-9-22(10-12-23)19-25-17-6-4-7-18-25;3-1(4)2(5)6/h9-16H,2-8,17-20H2,1H3;(H,3,4)(H,5,6). The van der Waals surface area contributed by atoms with E-state index in [1.807, 2.05) is 0 Å². The number of hydrogen-bond acceptors (Lipinski definition) is 4. The Morgan fingerprint density at radius 1 is 0.812 bits per heavy atom. The minimum atomic E-state index is -1.82. The molecule has 0 amide bonds. The molecule has 1 saturated heterocycles. The second-order valence-corrected chi connectivity index (χ2v) is 8.15. The van der Waals surface area contributed by atoms with Crippen LogP contribution in [0.2, 0.25) is 0 Å². The third-order valence-corrected chi connectivity index (χ3v) is 5.46. The molecule has 0 unspecified atom stereocenters. The molecular formula is C26H35NO5. The van der Waals surface area contributed by atoms with Gasteiger partial charge in [0.25, 0.3) is 0 Å². The van der Waals surface area contributed by atoms with Crippen molar-refractivity contribution >= 4 is 11.9 Å². The zero-order valence-corrected chi connectivity index (χ0v) is 19.0. The Morgan fingerprint density at radius 3 is 1.94 bits per heavy atom. The van der Waals surface area contributed by atoms with E-state index in [-0.39, 0.29) is 0 Å². The van der Waals surface area contributed by atoms with E-state index in [4.69, 9.17) is 24.5 Å². The number of carbonyl (C=O) groups is 2. The van der Waals surface area contributed by atoms with Crippen LogP contribution in [-0.4, -0.2) is 40.1 Å². The number of benzene rings is 2. The van der Waals surface area contributed by atoms with Crippen molar-refractivity contribution in [2.75, 3.05) is 13.1 Å². The number of aliphatic carboxylic acids is 2. The molecule has 6 nitrogen and oxygen atoms in total. The van der Waals surface area contributed by atoms with E-state index in [9.17, 15) is 0 Å². The summed E-state index contributed by atoms with van der Waals surface area (Å²) < 4.78 is 5.95. The maximum Gasteiger partial charge on any atom is 0.414 e. The summed E-state index contributed by atoms with van der Waals surface area (Å²) >= 11 is 0. The Kier molecular flexibility index (Phi) is 11.3. The molecule has 1 aliphatic heterocycles. The second kappa shape index (κ2) is 14.2. The summed E-state index contributed by atoms with van der Waals surface area (Å²) in [5.74, 6) is -2.69. The van der Waals surface area contributed by atoms with Gasteiger partial charge in [0.2, 0.25) is 0 Å². The molecule has 0 bridgehead atoms. The van der Waals surface area contributed by atoms with Gasteiger partial charge in [-0.05, 0) is 67.6 Å². The number of piperidine rings is 1. The molecule has 0 spiro atoms. The number of carboxylic acids is 2. The van der Waals surface area contributed by atoms with Gasteiger partial charge in [0.15, 0.2) is 0 Å². The SMILES string of the molecule is CCCCCc1ccc(OCc2ccc(CN3CCCCC3)cc2)cc1.O=C(O)C(=O)O. The van der Waals surface area contributed by atoms with Crippen LogP contribution in [0.5, 0.6) is 5.75 Å². The predicted molar refractivity (Wildman–Crippen MR) is 125 cm³/mol. The topological polar surface area (TPSA) is 87.1 Å². The first-order valence-corrected chi connectivity index (χ1v) is 11.5. The van der Waals surface area contributed by atoms with E-state index < -0.39 is 11.9 Å². The molecule has 32 heavy (non-hydrogen) atoms. The van der Waals surface area contributed by atoms with E-state index in [1.54, 1.807) is 0 Å². The van der Waals surface area contributed by atoms with Gasteiger partial charge in [-0.1, -0.05) is 62.6 Å². The van der Waals surface area contributed by atoms with Crippen molar-refractivity contribution in [3.63, 3.8) is 0 Å². The van der Waals surface area contributed by atoms with Crippen molar-refractivity contribution in [3.05, 3.63) is 65.2 Å². The normalized spacial score (nSPS) is 13.7. The molecule has 2 aromatic rings. The van der Waals surface area contributed by atoms with Gasteiger partial charge in [-0.15, -0.1) is 0 Å². The van der Waals surface area contributed by atoms with Gasteiger partial charge in [-0.3, -0.25) is 4.90 Å². The summed E-state index contributed by atoms with van der Waals surface area (Å²) in [5, 5.41) is 14.8. The van der Waals surface area contributed by atoms with Gasteiger partial charge in [0.05, 0.1) is 0 Å². The smallest absolute Gasteiger partial charge is 0.414 e. The third kappa shape index (κ3) is 9.96. The quantitative estimate of drug-likeness (QED) is 0.414. The molecule has 0 aliphatic carbocycles. The molecule has 3 rings (SSSR count). The second-order valence-electron chi connectivity index (χ2n) is 8.15. The molecule has 0 saturated carbocycles. The molecule has 6 heteroatoms. The maximum absolute atomic E-state index is 9.10. The predicted octanol–water partition coefficient (Wildman–Crippen LogP) is 5.14. The Hall–Kier alpha value is -2.86. The molecule has 1 aliphatic rings. The van der Waals surface area contributed by atoms with Crippen LogP contribution in [0.25, 0.3) is 0 Å². The first-order valence-electron chi connectivity index (χ1n) is 11.5. The van der Waals surface area contributed by atoms with Crippen molar-refractivity contribution in [1.82, 2.24) is 4.90 Å². The lowest BCUT2D eigenvalue weighted by molar-refractivity contribution is -0.159. The highest BCUT2D eigenvalue weighted by Crippen LogP contribution is 2.17. The summed E-state index contributed by atoms with van der Waals surface area (Å²) in [6.45, 7) is 6.47. The number of rotatable bonds is 9. The van der Waals surface area contributed by atoms with Crippen LogP contribution in [-0.2, 0) is 29.2 Å². The van der Waals surface area contributed by atoms with Crippen molar-refractivity contribution < 1.29 is 24.5 Å². The average Bonchev–Trinajstić information content (AvgIpc) is 2.81. The molecule has 0 aromatic heterocycles. The zero-order chi connectivity index (χ0) is 23.2. The van der Waals surface area contributed by atoms with Crippen LogP contribution in [0.1, 0.15) is 62.1 Å². The van der Waals surface area contributed by atoms with E-state index >= 15 is 0 Å². The van der Waals surface area contributed by atoms with E-state index in [0.717, 1.165) is 12.3 Å². The van der Waals surface area contributed by atoms with Gasteiger partial charge in [0, 0.05) is 6.54 Å². The Labute approximate surface area is 190 Å². The van der Waals surface area contributed by atoms with Crippen LogP contribution in [0.4, 0.5) is 0 Å². The van der Waals surface area contributed by atoms with Crippen molar-refractivity contribution in [2.24, 2.45) is 0 Å². The fraction of sp³-hybridized carbons (Fsp3) is 0.462. The number of ether oxygens (including phenoxy) is 1. The van der Waals surface area contributed by atoms with E-state index in [0.29, 0.717) is 6.61 Å². The average molecular weight is 442 g/mol. The van der Waals surface area contributed by atoms with Crippen molar-refractivity contribution in [2.45, 2.75) is 65.0 Å². The number of carboxylic acid groups (broad SMARTS) is 2. The number of hydrogen-bond donors (Lipinski definition) is 2. The van der Waals surface area contributed by atoms with Gasteiger partial charge < -0.3 is 14.9 Å². The number of unbranched alkanes of at least 4 members (excludes halogenated alkanes) is 2. The Balaban J connectivity index is 0.000000534. The first-order chi connectivity index (χ1) is 15.5. The summed E-state index contributed by atoms with van der Waals surface area (Å²) in [7, 11) is 0. The highest BCUT2D eigenvalue weighted by atomic mass is 16.5. The summed E-state index contributed by atoms with van der Waals surface area (Å²) in [5.41, 5.74) is 4.05. The Bertz CT molecular complexity index is 799. The first kappa shape index (κ1) is 25.4. The lowest BCUT2D eigenvalue weighted by atomic mass is 10.1. The highest BCUT2D eigenvalue weighted by molar-refractivity contribution is 6.27. The lowest BCUT2D eigenvalue weighted by Gasteiger charge is -2.26. The largest absolute Gasteiger partial charge is 0.489 e. The molecule has 1 heterocycles. The third-order valence-electron chi connectivity index (χ3n) is 5.46. The summed E-state index contributed by atoms with van der Waals surface area (Å²) in [4.78, 5) is 20.8. The summed E-state index contributed by atoms with van der Waals surface area (Å²) in [6.07, 6.45) is 9.14. The molecule has 0 atom stereocenters. The van der Waals surface area contributed by atoms with Crippen molar-refractivity contribution in [3.8, 4) is 5.75 Å². The van der Waals surface area contributed by atoms with Crippen LogP contribution < -0.4 is 4.74 Å². The van der Waals surface area contributed by atoms with Crippen LogP contribution >= 0.6 is 0 Å². The van der Waals surface area contributed by atoms with Gasteiger partial charge in [-0.25, -0.2) is 9.59 Å². The summed E-state index contributed by atoms with van der Waals surface area (Å²) in [6, 6.07) is 17.5. The van der Waals surface area contributed by atoms with Gasteiger partial charge in [-0.2, -0.15) is 0 Å².